The molecule has 0 bridgehead atoms. The average molecular weight is 261 g/mol. The lowest BCUT2D eigenvalue weighted by Gasteiger charge is -2.03. The smallest absolute Gasteiger partial charge is 0.360 e. The van der Waals surface area contributed by atoms with Crippen molar-refractivity contribution in [1.29, 1.82) is 0 Å². The largest absolute Gasteiger partial charge is 0.462 e. The van der Waals surface area contributed by atoms with E-state index in [1.165, 1.54) is 24.7 Å². The van der Waals surface area contributed by atoms with Gasteiger partial charge in [0.1, 0.15) is 16.2 Å². The molecule has 0 aliphatic rings. The fourth-order valence-corrected chi connectivity index (χ4v) is 2.01. The minimum atomic E-state index is -4.39. The molecule has 0 amide bonds. The van der Waals surface area contributed by atoms with Gasteiger partial charge in [-0.2, -0.15) is 0 Å². The van der Waals surface area contributed by atoms with Crippen molar-refractivity contribution in [2.75, 3.05) is 0 Å². The Bertz CT molecular complexity index is 565. The summed E-state index contributed by atoms with van der Waals surface area (Å²) < 4.78 is 16.1. The van der Waals surface area contributed by atoms with Gasteiger partial charge in [0.15, 0.2) is 5.76 Å². The molecule has 0 saturated carbocycles. The molecule has 2 aromatic rings. The van der Waals surface area contributed by atoms with E-state index in [0.717, 1.165) is 0 Å². The molecular weight excluding hydrogens is 255 g/mol. The summed E-state index contributed by atoms with van der Waals surface area (Å²) in [5.41, 5.74) is 0.177. The predicted molar refractivity (Wildman–Crippen MR) is 56.4 cm³/mol. The van der Waals surface area contributed by atoms with Gasteiger partial charge in [0.2, 0.25) is 0 Å². The van der Waals surface area contributed by atoms with Gasteiger partial charge in [-0.1, -0.05) is 11.6 Å². The molecular formula is C8H6ClN2O4P. The molecule has 0 saturated heterocycles. The second-order valence-corrected chi connectivity index (χ2v) is 4.86. The van der Waals surface area contributed by atoms with Crippen LogP contribution < -0.4 is 5.30 Å². The van der Waals surface area contributed by atoms with Crippen LogP contribution in [-0.2, 0) is 4.57 Å². The first-order valence-corrected chi connectivity index (χ1v) is 6.09. The standard InChI is InChI=1S/C8H6ClN2O4P/c9-7-4-10-3-5(11-7)8-6(1-2-15-8)16(12,13)14/h1-4H,(H2,12,13,14). The summed E-state index contributed by atoms with van der Waals surface area (Å²) in [6, 6.07) is 1.19. The minimum absolute atomic E-state index is 0.0247. The zero-order valence-electron chi connectivity index (χ0n) is 7.74. The van der Waals surface area contributed by atoms with Crippen molar-refractivity contribution in [2.24, 2.45) is 0 Å². The quantitative estimate of drug-likeness (QED) is 0.788. The third-order valence-electron chi connectivity index (χ3n) is 1.80. The van der Waals surface area contributed by atoms with E-state index < -0.39 is 7.60 Å². The van der Waals surface area contributed by atoms with Gasteiger partial charge >= 0.3 is 7.60 Å². The highest BCUT2D eigenvalue weighted by Crippen LogP contribution is 2.37. The molecule has 0 radical (unpaired) electrons. The highest BCUT2D eigenvalue weighted by molar-refractivity contribution is 7.60. The number of hydrogen-bond acceptors (Lipinski definition) is 4. The van der Waals surface area contributed by atoms with Crippen molar-refractivity contribution in [2.45, 2.75) is 0 Å². The van der Waals surface area contributed by atoms with Crippen molar-refractivity contribution in [3.8, 4) is 11.5 Å². The summed E-state index contributed by atoms with van der Waals surface area (Å²) in [5, 5.41) is -0.116. The lowest BCUT2D eigenvalue weighted by molar-refractivity contribution is 0.387. The Morgan fingerprint density at radius 3 is 2.75 bits per heavy atom. The molecule has 6 nitrogen and oxygen atoms in total. The molecule has 8 heteroatoms. The van der Waals surface area contributed by atoms with E-state index in [0.29, 0.717) is 0 Å². The summed E-state index contributed by atoms with van der Waals surface area (Å²) in [7, 11) is -4.39. The number of furan rings is 1. The summed E-state index contributed by atoms with van der Waals surface area (Å²) in [5.74, 6) is -0.0247. The maximum Gasteiger partial charge on any atom is 0.360 e. The highest BCUT2D eigenvalue weighted by atomic mass is 35.5. The van der Waals surface area contributed by atoms with Gasteiger partial charge in [-0.05, 0) is 6.07 Å². The van der Waals surface area contributed by atoms with Crippen molar-refractivity contribution < 1.29 is 18.8 Å². The summed E-state index contributed by atoms with van der Waals surface area (Å²) in [6.07, 6.45) is 3.79. The van der Waals surface area contributed by atoms with Gasteiger partial charge in [0, 0.05) is 0 Å². The van der Waals surface area contributed by atoms with Crippen LogP contribution >= 0.6 is 19.2 Å². The van der Waals surface area contributed by atoms with E-state index in [4.69, 9.17) is 25.8 Å². The number of hydrogen-bond donors (Lipinski definition) is 2. The van der Waals surface area contributed by atoms with Gasteiger partial charge in [-0.25, -0.2) is 4.98 Å². The Morgan fingerprint density at radius 1 is 1.38 bits per heavy atom. The third-order valence-corrected chi connectivity index (χ3v) is 2.96. The zero-order valence-corrected chi connectivity index (χ0v) is 9.39. The Labute approximate surface area is 95.1 Å². The minimum Gasteiger partial charge on any atom is -0.462 e. The van der Waals surface area contributed by atoms with Crippen LogP contribution in [0.3, 0.4) is 0 Å². The number of nitrogens with zero attached hydrogens (tertiary/aromatic N) is 2. The summed E-state index contributed by atoms with van der Waals surface area (Å²) in [6.45, 7) is 0. The van der Waals surface area contributed by atoms with Gasteiger partial charge in [-0.15, -0.1) is 0 Å². The molecule has 0 unspecified atom stereocenters. The number of rotatable bonds is 2. The fourth-order valence-electron chi connectivity index (χ4n) is 1.18. The van der Waals surface area contributed by atoms with Crippen LogP contribution in [-0.4, -0.2) is 19.8 Å². The Morgan fingerprint density at radius 2 is 2.12 bits per heavy atom. The lowest BCUT2D eigenvalue weighted by atomic mass is 10.3. The predicted octanol–water partition coefficient (Wildman–Crippen LogP) is 1.19. The van der Waals surface area contributed by atoms with Crippen LogP contribution in [0.15, 0.2) is 29.1 Å². The second kappa shape index (κ2) is 3.99. The molecule has 2 heterocycles. The molecule has 16 heavy (non-hydrogen) atoms. The van der Waals surface area contributed by atoms with Crippen LogP contribution in [0.1, 0.15) is 0 Å². The average Bonchev–Trinajstić information content (AvgIpc) is 2.65. The molecule has 0 spiro atoms. The van der Waals surface area contributed by atoms with Crippen molar-refractivity contribution in [1.82, 2.24) is 9.97 Å². The number of halogens is 1. The van der Waals surface area contributed by atoms with E-state index in [1.54, 1.807) is 0 Å². The van der Waals surface area contributed by atoms with E-state index in [2.05, 4.69) is 9.97 Å². The Balaban J connectivity index is 2.58. The van der Waals surface area contributed by atoms with Crippen molar-refractivity contribution in [3.05, 3.63) is 29.9 Å². The lowest BCUT2D eigenvalue weighted by Crippen LogP contribution is -2.04. The first-order valence-electron chi connectivity index (χ1n) is 4.10. The molecule has 0 aliphatic carbocycles. The molecule has 2 aromatic heterocycles. The van der Waals surface area contributed by atoms with E-state index in [-0.39, 0.29) is 21.9 Å². The molecule has 0 fully saturated rings. The summed E-state index contributed by atoms with van der Waals surface area (Å²) >= 11 is 5.62. The third kappa shape index (κ3) is 2.15. The Hall–Kier alpha value is -1.20. The topological polar surface area (TPSA) is 96.5 Å². The maximum absolute atomic E-state index is 11.1. The molecule has 0 aromatic carbocycles. The molecule has 84 valence electrons. The zero-order chi connectivity index (χ0) is 11.8. The van der Waals surface area contributed by atoms with E-state index in [1.807, 2.05) is 0 Å². The molecule has 2 rings (SSSR count). The van der Waals surface area contributed by atoms with Crippen LogP contribution in [0.5, 0.6) is 0 Å². The van der Waals surface area contributed by atoms with E-state index >= 15 is 0 Å². The molecule has 0 atom stereocenters. The monoisotopic (exact) mass is 260 g/mol. The van der Waals surface area contributed by atoms with Gasteiger partial charge in [0.25, 0.3) is 0 Å². The molecule has 2 N–H and O–H groups in total. The maximum atomic E-state index is 11.1. The highest BCUT2D eigenvalue weighted by Gasteiger charge is 2.25. The number of aromatic nitrogens is 2. The van der Waals surface area contributed by atoms with Crippen LogP contribution in [0.2, 0.25) is 5.15 Å². The van der Waals surface area contributed by atoms with Crippen molar-refractivity contribution in [3.63, 3.8) is 0 Å². The second-order valence-electron chi connectivity index (χ2n) is 2.91. The summed E-state index contributed by atoms with van der Waals surface area (Å²) in [4.78, 5) is 25.7. The first-order chi connectivity index (χ1) is 7.48. The fraction of sp³-hybridized carbons (Fsp3) is 0. The van der Waals surface area contributed by atoms with Gasteiger partial charge in [-0.3, -0.25) is 9.55 Å². The van der Waals surface area contributed by atoms with Crippen LogP contribution in [0.25, 0.3) is 11.5 Å². The molecule has 0 aliphatic heterocycles. The van der Waals surface area contributed by atoms with Crippen molar-refractivity contribution >= 4 is 24.5 Å². The van der Waals surface area contributed by atoms with Gasteiger partial charge < -0.3 is 14.2 Å². The SMILES string of the molecule is O=P(O)(O)c1ccoc1-c1cncc(Cl)n1. The Kier molecular flexibility index (Phi) is 2.82. The first kappa shape index (κ1) is 11.3. The van der Waals surface area contributed by atoms with E-state index in [9.17, 15) is 4.57 Å². The van der Waals surface area contributed by atoms with Crippen LogP contribution in [0, 0.1) is 0 Å². The normalized spacial score (nSPS) is 11.7. The van der Waals surface area contributed by atoms with Crippen LogP contribution in [0.4, 0.5) is 0 Å². The van der Waals surface area contributed by atoms with Gasteiger partial charge in [0.05, 0.1) is 18.7 Å².